The van der Waals surface area contributed by atoms with E-state index in [1.807, 2.05) is 0 Å². The number of carbonyl (C=O) groups is 8. The molecule has 13 atom stereocenters. The molecule has 2 aliphatic heterocycles. The largest absolute Gasteiger partial charge is 0.455 e. The highest BCUT2D eigenvalue weighted by atomic mass is 32.2. The van der Waals surface area contributed by atoms with E-state index < -0.39 is 172 Å². The predicted octanol–water partition coefficient (Wildman–Crippen LogP) is 5.00. The average Bonchev–Trinajstić information content (AvgIpc) is 3.49. The van der Waals surface area contributed by atoms with Crippen molar-refractivity contribution in [2.45, 2.75) is 271 Å². The number of rotatable bonds is 19. The van der Waals surface area contributed by atoms with E-state index in [-0.39, 0.29) is 45.2 Å². The van der Waals surface area contributed by atoms with Crippen LogP contribution in [0, 0.1) is 0 Å². The smallest absolute Gasteiger partial charge is 0.408 e. The van der Waals surface area contributed by atoms with Crippen molar-refractivity contribution < 1.29 is 103 Å². The lowest BCUT2D eigenvalue weighted by Crippen LogP contribution is -2.70. The second-order valence-electron chi connectivity index (χ2n) is 25.3. The van der Waals surface area contributed by atoms with E-state index in [1.165, 1.54) is 0 Å². The summed E-state index contributed by atoms with van der Waals surface area (Å²) in [5, 5.41) is 16.2. The van der Waals surface area contributed by atoms with Crippen LogP contribution >= 0.6 is 0 Å². The monoisotopic (exact) mass is 1200 g/mol. The van der Waals surface area contributed by atoms with Crippen LogP contribution in [0.1, 0.15) is 163 Å². The first-order valence-corrected chi connectivity index (χ1v) is 29.3. The number of esters is 2. The minimum Gasteiger partial charge on any atom is -0.455 e. The van der Waals surface area contributed by atoms with E-state index in [0.717, 1.165) is 13.8 Å². The third kappa shape index (κ3) is 26.8. The molecule has 1 aliphatic carbocycles. The van der Waals surface area contributed by atoms with Crippen molar-refractivity contribution in [3.63, 3.8) is 0 Å². The van der Waals surface area contributed by atoms with Crippen molar-refractivity contribution in [3.8, 4) is 0 Å². The summed E-state index contributed by atoms with van der Waals surface area (Å²) in [6, 6.07) is -5.19. The number of nitrogens with one attached hydrogen (secondary N) is 6. The molecule has 0 spiro atoms. The summed E-state index contributed by atoms with van der Waals surface area (Å²) in [7, 11) is -4.69. The Morgan fingerprint density at radius 3 is 1.39 bits per heavy atom. The molecule has 3 rings (SSSR count). The normalized spacial score (nSPS) is 26.7. The number of ether oxygens (including phenoxy) is 11. The van der Waals surface area contributed by atoms with Crippen LogP contribution in [0.5, 0.6) is 0 Å². The van der Waals surface area contributed by atoms with Crippen molar-refractivity contribution in [1.29, 1.82) is 0 Å². The molecule has 6 amide bonds. The van der Waals surface area contributed by atoms with Crippen LogP contribution in [-0.2, 0) is 80.8 Å². The summed E-state index contributed by atoms with van der Waals surface area (Å²) in [5.74, 6) is -2.77. The first-order chi connectivity index (χ1) is 37.4. The number of amides is 6. The molecule has 6 N–H and O–H groups in total. The maximum absolute atomic E-state index is 14.7. The fraction of sp³-hybridized carbons (Fsp3) is 0.849. The van der Waals surface area contributed by atoms with Crippen LogP contribution in [0.15, 0.2) is 0 Å². The van der Waals surface area contributed by atoms with Gasteiger partial charge in [-0.3, -0.25) is 18.6 Å². The summed E-state index contributed by atoms with van der Waals surface area (Å²) < 4.78 is 98.9. The highest BCUT2D eigenvalue weighted by molar-refractivity contribution is 7.86. The third-order valence-electron chi connectivity index (χ3n) is 11.5. The van der Waals surface area contributed by atoms with E-state index in [2.05, 4.69) is 31.9 Å². The van der Waals surface area contributed by atoms with E-state index in [9.17, 15) is 46.8 Å². The van der Waals surface area contributed by atoms with Gasteiger partial charge in [0, 0.05) is 33.4 Å². The summed E-state index contributed by atoms with van der Waals surface area (Å²) in [6.45, 7) is 28.1. The van der Waals surface area contributed by atoms with Crippen molar-refractivity contribution in [3.05, 3.63) is 0 Å². The van der Waals surface area contributed by atoms with Crippen molar-refractivity contribution in [2.75, 3.05) is 19.3 Å². The highest BCUT2D eigenvalue weighted by Crippen LogP contribution is 2.36. The second kappa shape index (κ2) is 29.4. The first-order valence-electron chi connectivity index (χ1n) is 27.4. The Labute approximate surface area is 481 Å². The standard InChI is InChI=1S/C53H92N6O22S/c1-20-30-25-33(58-47(66)79-52(13,14)15)39(71-29(3)61)43(72-30)75-37-34(56-41(62)36(70-28(2)60)23-24-54-44(63)76-49(4,5)6)26-35(59-48(67)80-53(16,17)18)38(40(37)81-82(19,68)69)74-42-32(57-46(65)78-51(10,11)12)22-21-31(73-42)27-55-45(64)77-50(7,8)9/h30-40,42-43H,20-27H2,1-19H3,(H,54,63)(H,55,64)(H,56,62)(H,57,65)(H,58,66)(H,59,67)/t30?,31?,32?,33-,34+,35-,36-,37-,38?,39?,40?,42+,43+/m0/s1. The van der Waals surface area contributed by atoms with Crippen LogP contribution in [0.3, 0.4) is 0 Å². The molecule has 1 saturated carbocycles. The molecule has 0 aromatic rings. The van der Waals surface area contributed by atoms with E-state index >= 15 is 0 Å². The van der Waals surface area contributed by atoms with Gasteiger partial charge in [-0.25, -0.2) is 24.0 Å². The predicted molar refractivity (Wildman–Crippen MR) is 291 cm³/mol. The molecular weight excluding hydrogens is 1100 g/mol. The van der Waals surface area contributed by atoms with Gasteiger partial charge in [-0.2, -0.15) is 8.42 Å². The lowest BCUT2D eigenvalue weighted by molar-refractivity contribution is -0.300. The zero-order chi connectivity index (χ0) is 62.5. The summed E-state index contributed by atoms with van der Waals surface area (Å²) in [6.07, 6.45) is -17.6. The van der Waals surface area contributed by atoms with Crippen molar-refractivity contribution in [1.82, 2.24) is 31.9 Å². The number of hydrogen-bond donors (Lipinski definition) is 6. The maximum atomic E-state index is 14.7. The van der Waals surface area contributed by atoms with Gasteiger partial charge in [0.15, 0.2) is 24.8 Å². The Bertz CT molecular complexity index is 2310. The van der Waals surface area contributed by atoms with Crippen LogP contribution in [0.25, 0.3) is 0 Å². The lowest BCUT2D eigenvalue weighted by Gasteiger charge is -2.50. The molecule has 2 saturated heterocycles. The van der Waals surface area contributed by atoms with E-state index in [1.54, 1.807) is 111 Å². The van der Waals surface area contributed by atoms with Gasteiger partial charge in [-0.15, -0.1) is 0 Å². The molecule has 472 valence electrons. The molecule has 29 heteroatoms. The Morgan fingerprint density at radius 1 is 0.512 bits per heavy atom. The minimum absolute atomic E-state index is 0.0473. The molecule has 0 bridgehead atoms. The molecule has 82 heavy (non-hydrogen) atoms. The molecule has 0 aromatic heterocycles. The van der Waals surface area contributed by atoms with Gasteiger partial charge in [0.25, 0.3) is 16.0 Å². The molecule has 3 aliphatic rings. The molecule has 3 fully saturated rings. The van der Waals surface area contributed by atoms with Gasteiger partial charge < -0.3 is 84.0 Å². The summed E-state index contributed by atoms with van der Waals surface area (Å²) >= 11 is 0. The van der Waals surface area contributed by atoms with Crippen molar-refractivity contribution in [2.24, 2.45) is 0 Å². The topological polar surface area (TPSA) is 354 Å². The first kappa shape index (κ1) is 70.8. The van der Waals surface area contributed by atoms with Crippen LogP contribution in [-0.4, -0.2) is 184 Å². The van der Waals surface area contributed by atoms with Crippen LogP contribution in [0.2, 0.25) is 0 Å². The SMILES string of the molecule is CCC1C[C@H](NC(=O)OC(C)(C)C)C(OC(C)=O)[C@@H](O[C@@H]2C(OS(C)(=O)=O)C(O[C@H]3OC(CNC(=O)OC(C)(C)C)CCC3NC(=O)OC(C)(C)C)[C@@H](NC(=O)OC(C)(C)C)C[C@H]2NC(=O)[C@H](CCNC(=O)OC(C)(C)C)OC(C)=O)O1. The summed E-state index contributed by atoms with van der Waals surface area (Å²) in [5.41, 5.74) is -4.81. The zero-order valence-corrected chi connectivity index (χ0v) is 51.9. The Hall–Kier alpha value is -5.49. The van der Waals surface area contributed by atoms with Gasteiger partial charge in [0.05, 0.1) is 42.6 Å². The molecule has 0 aromatic carbocycles. The van der Waals surface area contributed by atoms with Gasteiger partial charge in [-0.05, 0) is 136 Å². The maximum Gasteiger partial charge on any atom is 0.408 e. The number of hydrogen-bond acceptors (Lipinski definition) is 22. The Kier molecular flexibility index (Phi) is 25.3. The van der Waals surface area contributed by atoms with Crippen LogP contribution < -0.4 is 31.9 Å². The molecule has 2 heterocycles. The zero-order valence-electron chi connectivity index (χ0n) is 51.1. The van der Waals surface area contributed by atoms with Gasteiger partial charge in [0.2, 0.25) is 0 Å². The fourth-order valence-corrected chi connectivity index (χ4v) is 9.33. The quantitative estimate of drug-likeness (QED) is 0.0563. The molecular formula is C53H92N6O22S. The molecule has 0 radical (unpaired) electrons. The third-order valence-corrected chi connectivity index (χ3v) is 12.1. The van der Waals surface area contributed by atoms with Crippen molar-refractivity contribution >= 4 is 58.4 Å². The Morgan fingerprint density at radius 2 is 0.939 bits per heavy atom. The Balaban J connectivity index is 2.38. The second-order valence-corrected chi connectivity index (χ2v) is 26.9. The van der Waals surface area contributed by atoms with E-state index in [4.69, 9.17) is 56.3 Å². The number of carbonyl (C=O) groups excluding carboxylic acids is 8. The number of alkyl carbamates (subject to hydrolysis) is 5. The van der Waals surface area contributed by atoms with Gasteiger partial charge in [-0.1, -0.05) is 6.92 Å². The summed E-state index contributed by atoms with van der Waals surface area (Å²) in [4.78, 5) is 107. The highest BCUT2D eigenvalue weighted by Gasteiger charge is 2.55. The minimum atomic E-state index is -4.69. The molecule has 6 unspecified atom stereocenters. The lowest BCUT2D eigenvalue weighted by atomic mass is 9.83. The van der Waals surface area contributed by atoms with Gasteiger partial charge in [0.1, 0.15) is 46.3 Å². The molecule has 28 nitrogen and oxygen atoms in total. The van der Waals surface area contributed by atoms with Crippen LogP contribution in [0.4, 0.5) is 24.0 Å². The van der Waals surface area contributed by atoms with Gasteiger partial charge >= 0.3 is 42.4 Å². The average molecular weight is 1200 g/mol. The fourth-order valence-electron chi connectivity index (χ4n) is 8.71. The van der Waals surface area contributed by atoms with E-state index in [0.29, 0.717) is 6.26 Å².